The van der Waals surface area contributed by atoms with Gasteiger partial charge in [-0.2, -0.15) is 0 Å². The number of sulfone groups is 1. The molecule has 1 aliphatic heterocycles. The first kappa shape index (κ1) is 24.0. The molecule has 0 amide bonds. The number of anilines is 2. The van der Waals surface area contributed by atoms with Crippen molar-refractivity contribution in [3.8, 4) is 11.1 Å². The van der Waals surface area contributed by atoms with Gasteiger partial charge < -0.3 is 25.5 Å². The predicted molar refractivity (Wildman–Crippen MR) is 143 cm³/mol. The van der Waals surface area contributed by atoms with Crippen LogP contribution < -0.4 is 10.6 Å². The third-order valence-electron chi connectivity index (χ3n) is 6.58. The Bertz CT molecular complexity index is 1790. The van der Waals surface area contributed by atoms with Crippen molar-refractivity contribution in [2.24, 2.45) is 0 Å². The van der Waals surface area contributed by atoms with Crippen LogP contribution in [-0.2, 0) is 14.6 Å². The van der Waals surface area contributed by atoms with Crippen molar-refractivity contribution >= 4 is 49.0 Å². The van der Waals surface area contributed by atoms with E-state index >= 15 is 0 Å². The average molecular weight is 530 g/mol. The number of hydrogen-bond acceptors (Lipinski definition) is 8. The van der Waals surface area contributed by atoms with Crippen molar-refractivity contribution in [3.63, 3.8) is 0 Å². The number of H-pyrrole nitrogens is 1. The Balaban J connectivity index is 1.59. The summed E-state index contributed by atoms with van der Waals surface area (Å²) in [6.45, 7) is 0.946. The summed E-state index contributed by atoms with van der Waals surface area (Å²) in [5.41, 5.74) is 2.46. The van der Waals surface area contributed by atoms with Crippen molar-refractivity contribution in [2.75, 3.05) is 25.0 Å². The van der Waals surface area contributed by atoms with E-state index in [1.165, 1.54) is 12.3 Å². The van der Waals surface area contributed by atoms with Gasteiger partial charge in [-0.3, -0.25) is 9.97 Å². The zero-order valence-corrected chi connectivity index (χ0v) is 20.8. The zero-order chi connectivity index (χ0) is 26.3. The number of morpholine rings is 1. The lowest BCUT2D eigenvalue weighted by atomic mass is 10.0. The van der Waals surface area contributed by atoms with E-state index in [-0.39, 0.29) is 35.0 Å². The second kappa shape index (κ2) is 9.53. The number of carbonyl (C=O) groups is 1. The molecular formula is C27H23N5O5S. The Morgan fingerprint density at radius 1 is 1.08 bits per heavy atom. The number of para-hydroxylation sites is 1. The van der Waals surface area contributed by atoms with Crippen LogP contribution in [0.4, 0.5) is 11.4 Å². The fourth-order valence-corrected chi connectivity index (χ4v) is 6.23. The molecule has 5 aromatic rings. The lowest BCUT2D eigenvalue weighted by Crippen LogP contribution is -2.43. The van der Waals surface area contributed by atoms with Crippen LogP contribution in [0.1, 0.15) is 10.4 Å². The lowest BCUT2D eigenvalue weighted by Gasteiger charge is -2.25. The van der Waals surface area contributed by atoms with Crippen LogP contribution in [0.3, 0.4) is 0 Å². The highest BCUT2D eigenvalue weighted by atomic mass is 32.2. The van der Waals surface area contributed by atoms with E-state index in [0.717, 1.165) is 22.0 Å². The summed E-state index contributed by atoms with van der Waals surface area (Å²) in [6.07, 6.45) is 6.62. The van der Waals surface area contributed by atoms with E-state index in [1.807, 2.05) is 24.4 Å². The second-order valence-corrected chi connectivity index (χ2v) is 10.9. The molecular weight excluding hydrogens is 506 g/mol. The normalized spacial score (nSPS) is 16.1. The fraction of sp³-hybridized carbons (Fsp3) is 0.148. The van der Waals surface area contributed by atoms with Crippen molar-refractivity contribution < 1.29 is 23.1 Å². The number of pyridine rings is 2. The first-order valence-electron chi connectivity index (χ1n) is 11.9. The molecule has 38 heavy (non-hydrogen) atoms. The molecule has 0 radical (unpaired) electrons. The molecule has 0 bridgehead atoms. The molecule has 192 valence electrons. The van der Waals surface area contributed by atoms with Gasteiger partial charge in [0.05, 0.1) is 40.8 Å². The minimum Gasteiger partial charge on any atom is -0.478 e. The molecule has 10 nitrogen and oxygen atoms in total. The number of fused-ring (bicyclic) bond motifs is 2. The average Bonchev–Trinajstić information content (AvgIpc) is 3.43. The highest BCUT2D eigenvalue weighted by Crippen LogP contribution is 2.38. The van der Waals surface area contributed by atoms with Crippen molar-refractivity contribution in [2.45, 2.75) is 10.3 Å². The molecule has 4 heterocycles. The van der Waals surface area contributed by atoms with E-state index in [4.69, 9.17) is 4.74 Å². The minimum absolute atomic E-state index is 0.00818. The topological polar surface area (TPSA) is 146 Å². The summed E-state index contributed by atoms with van der Waals surface area (Å²) < 4.78 is 33.2. The molecule has 1 fully saturated rings. The number of benzene rings is 2. The molecule has 3 aromatic heterocycles. The van der Waals surface area contributed by atoms with Crippen LogP contribution in [0.2, 0.25) is 0 Å². The molecule has 0 spiro atoms. The predicted octanol–water partition coefficient (Wildman–Crippen LogP) is 3.94. The van der Waals surface area contributed by atoms with E-state index in [2.05, 4.69) is 25.6 Å². The Hall–Kier alpha value is -4.32. The zero-order valence-electron chi connectivity index (χ0n) is 20.0. The number of aromatic amines is 1. The van der Waals surface area contributed by atoms with Gasteiger partial charge in [0.25, 0.3) is 0 Å². The molecule has 6 rings (SSSR count). The number of nitrogens with one attached hydrogen (secondary N) is 3. The summed E-state index contributed by atoms with van der Waals surface area (Å²) in [6, 6.07) is 13.8. The highest BCUT2D eigenvalue weighted by Gasteiger charge is 2.33. The van der Waals surface area contributed by atoms with Crippen LogP contribution >= 0.6 is 0 Å². The summed E-state index contributed by atoms with van der Waals surface area (Å²) in [4.78, 5) is 23.8. The summed E-state index contributed by atoms with van der Waals surface area (Å²) in [5, 5.41) is 17.4. The van der Waals surface area contributed by atoms with Gasteiger partial charge in [0.15, 0.2) is 5.44 Å². The van der Waals surface area contributed by atoms with Crippen LogP contribution in [0.25, 0.3) is 32.9 Å². The van der Waals surface area contributed by atoms with Gasteiger partial charge in [0.2, 0.25) is 9.84 Å². The standard InChI is InChI=1S/C27H23N5O5S/c33-27(34)18-3-1-2-4-22(18)32-26-19-11-16(20-12-29-13-23-17(20)7-8-30-23)5-6-21(19)31-14-24(26)38(35,36)25-15-28-9-10-37-25/h1-8,11-14,25,28,30H,9-10,15H2,(H,31,32)(H,33,34). The maximum absolute atomic E-state index is 13.8. The van der Waals surface area contributed by atoms with Gasteiger partial charge in [-0.1, -0.05) is 18.2 Å². The molecule has 1 unspecified atom stereocenters. The highest BCUT2D eigenvalue weighted by molar-refractivity contribution is 7.92. The second-order valence-electron chi connectivity index (χ2n) is 8.88. The summed E-state index contributed by atoms with van der Waals surface area (Å²) >= 11 is 0. The van der Waals surface area contributed by atoms with E-state index in [9.17, 15) is 18.3 Å². The van der Waals surface area contributed by atoms with Crippen LogP contribution in [-0.4, -0.2) is 59.6 Å². The van der Waals surface area contributed by atoms with E-state index in [0.29, 0.717) is 17.4 Å². The number of hydrogen-bond donors (Lipinski definition) is 4. The number of ether oxygens (including phenoxy) is 1. The minimum atomic E-state index is -4.02. The first-order valence-corrected chi connectivity index (χ1v) is 13.5. The van der Waals surface area contributed by atoms with Gasteiger partial charge in [-0.05, 0) is 35.9 Å². The summed E-state index contributed by atoms with van der Waals surface area (Å²) in [5.74, 6) is -1.14. The third kappa shape index (κ3) is 4.16. The summed E-state index contributed by atoms with van der Waals surface area (Å²) in [7, 11) is -4.02. The van der Waals surface area contributed by atoms with E-state index < -0.39 is 21.2 Å². The van der Waals surface area contributed by atoms with Crippen molar-refractivity contribution in [1.82, 2.24) is 20.3 Å². The van der Waals surface area contributed by atoms with Crippen molar-refractivity contribution in [3.05, 3.63) is 78.9 Å². The molecule has 1 aliphatic rings. The Kier molecular flexibility index (Phi) is 6.03. The Morgan fingerprint density at radius 2 is 1.95 bits per heavy atom. The number of nitrogens with zero attached hydrogens (tertiary/aromatic N) is 2. The van der Waals surface area contributed by atoms with Gasteiger partial charge in [0.1, 0.15) is 4.90 Å². The van der Waals surface area contributed by atoms with Gasteiger partial charge >= 0.3 is 5.97 Å². The largest absolute Gasteiger partial charge is 0.478 e. The number of aromatic carboxylic acids is 1. The molecule has 0 saturated carbocycles. The molecule has 11 heteroatoms. The Morgan fingerprint density at radius 3 is 2.76 bits per heavy atom. The third-order valence-corrected chi connectivity index (χ3v) is 8.50. The molecule has 1 saturated heterocycles. The fourth-order valence-electron chi connectivity index (χ4n) is 4.69. The number of aromatic nitrogens is 3. The van der Waals surface area contributed by atoms with E-state index in [1.54, 1.807) is 36.7 Å². The maximum Gasteiger partial charge on any atom is 0.337 e. The first-order chi connectivity index (χ1) is 18.4. The SMILES string of the molecule is O=C(O)c1ccccc1Nc1c(S(=O)(=O)C2CNCCO2)cnc2ccc(-c3cncc4[nH]ccc34)cc12. The molecule has 4 N–H and O–H groups in total. The smallest absolute Gasteiger partial charge is 0.337 e. The van der Waals surface area contributed by atoms with Crippen molar-refractivity contribution in [1.29, 1.82) is 0 Å². The van der Waals surface area contributed by atoms with Crippen LogP contribution in [0.5, 0.6) is 0 Å². The number of rotatable bonds is 6. The van der Waals surface area contributed by atoms with Gasteiger partial charge in [0, 0.05) is 48.0 Å². The number of carboxylic acid groups (broad SMARTS) is 1. The maximum atomic E-state index is 13.8. The lowest BCUT2D eigenvalue weighted by molar-refractivity contribution is 0.0698. The molecule has 1 atom stereocenters. The van der Waals surface area contributed by atoms with Gasteiger partial charge in [-0.25, -0.2) is 13.2 Å². The van der Waals surface area contributed by atoms with Gasteiger partial charge in [-0.15, -0.1) is 0 Å². The molecule has 0 aliphatic carbocycles. The monoisotopic (exact) mass is 529 g/mol. The van der Waals surface area contributed by atoms with Crippen LogP contribution in [0, 0.1) is 0 Å². The Labute approximate surface area is 217 Å². The van der Waals surface area contributed by atoms with Crippen LogP contribution in [0.15, 0.2) is 78.2 Å². The number of carboxylic acids is 1. The molecule has 2 aromatic carbocycles. The quantitative estimate of drug-likeness (QED) is 0.257.